The predicted molar refractivity (Wildman–Crippen MR) is 115 cm³/mol. The summed E-state index contributed by atoms with van der Waals surface area (Å²) < 4.78 is 5.31. The van der Waals surface area contributed by atoms with Gasteiger partial charge in [0.15, 0.2) is 0 Å². The number of anilines is 2. The molecule has 0 heterocycles. The molecule has 0 aromatic heterocycles. The lowest BCUT2D eigenvalue weighted by Crippen LogP contribution is -2.12. The van der Waals surface area contributed by atoms with Gasteiger partial charge in [-0.2, -0.15) is 0 Å². The van der Waals surface area contributed by atoms with Gasteiger partial charge in [-0.3, -0.25) is 14.4 Å². The maximum Gasteiger partial charge on any atom is 0.310 e. The summed E-state index contributed by atoms with van der Waals surface area (Å²) in [5.74, 6) is -0.702. The fourth-order valence-electron chi connectivity index (χ4n) is 2.77. The number of benzene rings is 3. The van der Waals surface area contributed by atoms with E-state index in [0.717, 1.165) is 16.8 Å². The Hall–Kier alpha value is -3.93. The van der Waals surface area contributed by atoms with Crippen molar-refractivity contribution in [2.45, 2.75) is 20.0 Å². The number of hydrogen-bond acceptors (Lipinski definition) is 4. The average Bonchev–Trinajstić information content (AvgIpc) is 2.74. The molecule has 0 bridgehead atoms. The minimum absolute atomic E-state index is 0.128. The number of esters is 1. The average molecular weight is 402 g/mol. The molecule has 0 aliphatic carbocycles. The number of carbonyl (C=O) groups is 3. The zero-order valence-corrected chi connectivity index (χ0v) is 16.6. The molecule has 0 aliphatic rings. The lowest BCUT2D eigenvalue weighted by Gasteiger charge is -2.08. The van der Waals surface area contributed by atoms with Crippen molar-refractivity contribution in [3.63, 3.8) is 0 Å². The van der Waals surface area contributed by atoms with Crippen molar-refractivity contribution in [3.05, 3.63) is 95.6 Å². The van der Waals surface area contributed by atoms with Gasteiger partial charge in [0.05, 0.1) is 6.42 Å². The molecule has 2 N–H and O–H groups in total. The lowest BCUT2D eigenvalue weighted by atomic mass is 10.1. The van der Waals surface area contributed by atoms with Crippen LogP contribution in [0, 0.1) is 0 Å². The van der Waals surface area contributed by atoms with Crippen LogP contribution in [0.4, 0.5) is 11.4 Å². The van der Waals surface area contributed by atoms with Crippen LogP contribution in [0.2, 0.25) is 0 Å². The molecule has 0 saturated heterocycles. The fraction of sp³-hybridized carbons (Fsp3) is 0.125. The van der Waals surface area contributed by atoms with E-state index < -0.39 is 0 Å². The minimum atomic E-state index is -0.354. The van der Waals surface area contributed by atoms with Gasteiger partial charge < -0.3 is 15.4 Å². The SMILES string of the molecule is CC(=O)Nc1ccc(CC(=O)OCc2ccc(C(=O)Nc3ccccc3)cc2)cc1. The number of amides is 2. The normalized spacial score (nSPS) is 10.2. The Labute approximate surface area is 174 Å². The zero-order valence-electron chi connectivity index (χ0n) is 16.6. The van der Waals surface area contributed by atoms with Crippen molar-refractivity contribution in [2.75, 3.05) is 10.6 Å². The summed E-state index contributed by atoms with van der Waals surface area (Å²) in [5.41, 5.74) is 3.51. The maximum atomic E-state index is 12.3. The lowest BCUT2D eigenvalue weighted by molar-refractivity contribution is -0.144. The molecule has 0 aliphatic heterocycles. The van der Waals surface area contributed by atoms with E-state index in [1.54, 1.807) is 48.5 Å². The quantitative estimate of drug-likeness (QED) is 0.581. The largest absolute Gasteiger partial charge is 0.461 e. The Balaban J connectivity index is 1.48. The van der Waals surface area contributed by atoms with Crippen LogP contribution in [-0.4, -0.2) is 17.8 Å². The summed E-state index contributed by atoms with van der Waals surface area (Å²) in [4.78, 5) is 35.4. The van der Waals surface area contributed by atoms with Crippen LogP contribution in [0.3, 0.4) is 0 Å². The Bertz CT molecular complexity index is 1010. The fourth-order valence-corrected chi connectivity index (χ4v) is 2.77. The molecule has 3 aromatic carbocycles. The molecule has 152 valence electrons. The van der Waals surface area contributed by atoms with E-state index in [2.05, 4.69) is 10.6 Å². The van der Waals surface area contributed by atoms with Crippen LogP contribution in [-0.2, 0) is 27.4 Å². The van der Waals surface area contributed by atoms with E-state index in [1.807, 2.05) is 30.3 Å². The molecule has 6 nitrogen and oxygen atoms in total. The molecule has 0 unspecified atom stereocenters. The van der Waals surface area contributed by atoms with Crippen LogP contribution in [0.25, 0.3) is 0 Å². The first-order chi connectivity index (χ1) is 14.5. The predicted octanol–water partition coefficient (Wildman–Crippen LogP) is 4.18. The van der Waals surface area contributed by atoms with Gasteiger partial charge in [0, 0.05) is 23.9 Å². The topological polar surface area (TPSA) is 84.5 Å². The first-order valence-corrected chi connectivity index (χ1v) is 9.47. The van der Waals surface area contributed by atoms with Gasteiger partial charge in [-0.15, -0.1) is 0 Å². The smallest absolute Gasteiger partial charge is 0.310 e. The Morgan fingerprint density at radius 3 is 1.97 bits per heavy atom. The van der Waals surface area contributed by atoms with Crippen molar-refractivity contribution in [1.82, 2.24) is 0 Å². The third-order valence-corrected chi connectivity index (χ3v) is 4.27. The Kier molecular flexibility index (Phi) is 6.95. The minimum Gasteiger partial charge on any atom is -0.461 e. The number of carbonyl (C=O) groups excluding carboxylic acids is 3. The highest BCUT2D eigenvalue weighted by molar-refractivity contribution is 6.04. The van der Waals surface area contributed by atoms with E-state index in [0.29, 0.717) is 11.3 Å². The van der Waals surface area contributed by atoms with Gasteiger partial charge in [0.1, 0.15) is 6.61 Å². The summed E-state index contributed by atoms with van der Waals surface area (Å²) >= 11 is 0. The van der Waals surface area contributed by atoms with Crippen molar-refractivity contribution >= 4 is 29.2 Å². The summed E-state index contributed by atoms with van der Waals surface area (Å²) in [7, 11) is 0. The van der Waals surface area contributed by atoms with E-state index in [-0.39, 0.29) is 30.8 Å². The Morgan fingerprint density at radius 2 is 1.33 bits per heavy atom. The molecule has 0 saturated carbocycles. The second kappa shape index (κ2) is 10.0. The van der Waals surface area contributed by atoms with E-state index in [1.165, 1.54) is 6.92 Å². The van der Waals surface area contributed by atoms with E-state index in [9.17, 15) is 14.4 Å². The van der Waals surface area contributed by atoms with Crippen LogP contribution >= 0.6 is 0 Å². The molecule has 6 heteroatoms. The van der Waals surface area contributed by atoms with Crippen molar-refractivity contribution < 1.29 is 19.1 Å². The van der Waals surface area contributed by atoms with Crippen molar-refractivity contribution in [1.29, 1.82) is 0 Å². The first kappa shape index (κ1) is 20.8. The van der Waals surface area contributed by atoms with E-state index in [4.69, 9.17) is 4.74 Å². The van der Waals surface area contributed by atoms with Crippen LogP contribution in [0.1, 0.15) is 28.4 Å². The third kappa shape index (κ3) is 6.31. The van der Waals surface area contributed by atoms with Gasteiger partial charge in [0.25, 0.3) is 5.91 Å². The number of hydrogen-bond donors (Lipinski definition) is 2. The van der Waals surface area contributed by atoms with Gasteiger partial charge in [0.2, 0.25) is 5.91 Å². The molecule has 2 amide bonds. The van der Waals surface area contributed by atoms with Crippen LogP contribution in [0.15, 0.2) is 78.9 Å². The highest BCUT2D eigenvalue weighted by atomic mass is 16.5. The second-order valence-electron chi connectivity index (χ2n) is 6.73. The number of para-hydroxylation sites is 1. The summed E-state index contributed by atoms with van der Waals surface area (Å²) in [6.45, 7) is 1.57. The second-order valence-corrected chi connectivity index (χ2v) is 6.73. The number of ether oxygens (including phenoxy) is 1. The molecule has 3 rings (SSSR count). The molecule has 0 spiro atoms. The van der Waals surface area contributed by atoms with Gasteiger partial charge >= 0.3 is 5.97 Å². The Morgan fingerprint density at radius 1 is 0.733 bits per heavy atom. The molecular formula is C24H22N2O4. The standard InChI is InChI=1S/C24H22N2O4/c1-17(27)25-22-13-9-18(10-14-22)15-23(28)30-16-19-7-11-20(12-8-19)24(29)26-21-5-3-2-4-6-21/h2-14H,15-16H2,1H3,(H,25,27)(H,26,29). The van der Waals surface area contributed by atoms with Gasteiger partial charge in [-0.1, -0.05) is 42.5 Å². The van der Waals surface area contributed by atoms with Gasteiger partial charge in [-0.25, -0.2) is 0 Å². The molecular weight excluding hydrogens is 380 g/mol. The zero-order chi connectivity index (χ0) is 21.3. The highest BCUT2D eigenvalue weighted by Gasteiger charge is 2.08. The summed E-state index contributed by atoms with van der Waals surface area (Å²) in [6.07, 6.45) is 0.137. The highest BCUT2D eigenvalue weighted by Crippen LogP contribution is 2.13. The van der Waals surface area contributed by atoms with E-state index >= 15 is 0 Å². The number of rotatable bonds is 7. The van der Waals surface area contributed by atoms with Crippen molar-refractivity contribution in [3.8, 4) is 0 Å². The maximum absolute atomic E-state index is 12.3. The summed E-state index contributed by atoms with van der Waals surface area (Å²) in [5, 5.41) is 5.50. The first-order valence-electron chi connectivity index (χ1n) is 9.47. The van der Waals surface area contributed by atoms with Crippen LogP contribution in [0.5, 0.6) is 0 Å². The molecule has 0 radical (unpaired) electrons. The monoisotopic (exact) mass is 402 g/mol. The molecule has 30 heavy (non-hydrogen) atoms. The molecule has 0 fully saturated rings. The number of nitrogens with one attached hydrogen (secondary N) is 2. The third-order valence-electron chi connectivity index (χ3n) is 4.27. The molecule has 3 aromatic rings. The van der Waals surface area contributed by atoms with Crippen LogP contribution < -0.4 is 10.6 Å². The summed E-state index contributed by atoms with van der Waals surface area (Å²) in [6, 6.07) is 23.2. The van der Waals surface area contributed by atoms with Crippen molar-refractivity contribution in [2.24, 2.45) is 0 Å². The van der Waals surface area contributed by atoms with Gasteiger partial charge in [-0.05, 0) is 47.5 Å². The molecule has 0 atom stereocenters.